The number of carbonyl (C=O) groups is 2. The molecular weight excluding hydrogens is 320 g/mol. The smallest absolute Gasteiger partial charge is 0.408 e. The summed E-state index contributed by atoms with van der Waals surface area (Å²) in [6, 6.07) is 5.70. The first-order chi connectivity index (χ1) is 11.2. The molecule has 1 aromatic carbocycles. The molecule has 0 unspecified atom stereocenters. The first-order valence-corrected chi connectivity index (χ1v) is 7.62. The molecule has 1 amide bonds. The van der Waals surface area contributed by atoms with Gasteiger partial charge in [-0.3, -0.25) is 0 Å². The van der Waals surface area contributed by atoms with E-state index in [2.05, 4.69) is 5.32 Å². The second-order valence-corrected chi connectivity index (χ2v) is 6.74. The van der Waals surface area contributed by atoms with Crippen LogP contribution < -0.4 is 5.32 Å². The van der Waals surface area contributed by atoms with Crippen LogP contribution in [-0.4, -0.2) is 37.4 Å². The van der Waals surface area contributed by atoms with Gasteiger partial charge in [-0.05, 0) is 26.8 Å². The summed E-state index contributed by atoms with van der Waals surface area (Å²) in [7, 11) is 0. The average molecular weight is 341 g/mol. The molecule has 1 N–H and O–H groups in total. The van der Waals surface area contributed by atoms with Crippen molar-refractivity contribution in [3.63, 3.8) is 0 Å². The van der Waals surface area contributed by atoms with E-state index in [1.54, 1.807) is 26.8 Å². The van der Waals surface area contributed by atoms with Gasteiger partial charge in [0.2, 0.25) is 0 Å². The zero-order valence-corrected chi connectivity index (χ0v) is 13.8. The van der Waals surface area contributed by atoms with E-state index in [0.29, 0.717) is 6.29 Å². The molecule has 132 valence electrons. The van der Waals surface area contributed by atoms with Gasteiger partial charge in [-0.25, -0.2) is 13.6 Å². The first kappa shape index (κ1) is 18.3. The van der Waals surface area contributed by atoms with Crippen LogP contribution in [0.5, 0.6) is 0 Å². The minimum absolute atomic E-state index is 0.0592. The lowest BCUT2D eigenvalue weighted by atomic mass is 9.78. The van der Waals surface area contributed by atoms with E-state index in [1.165, 1.54) is 18.2 Å². The molecule has 1 aliphatic heterocycles. The van der Waals surface area contributed by atoms with Crippen molar-refractivity contribution in [3.05, 3.63) is 35.6 Å². The first-order valence-electron chi connectivity index (χ1n) is 7.62. The van der Waals surface area contributed by atoms with Gasteiger partial charge in [0.05, 0.1) is 18.6 Å². The molecule has 0 aliphatic carbocycles. The van der Waals surface area contributed by atoms with Crippen LogP contribution in [0, 0.1) is 11.7 Å². The summed E-state index contributed by atoms with van der Waals surface area (Å²) < 4.78 is 38.1. The second-order valence-electron chi connectivity index (χ2n) is 6.74. The number of alkyl carbamates (subject to hydrolysis) is 1. The predicted octanol–water partition coefficient (Wildman–Crippen LogP) is 2.73. The molecule has 24 heavy (non-hydrogen) atoms. The number of amides is 1. The van der Waals surface area contributed by atoms with E-state index >= 15 is 0 Å². The van der Waals surface area contributed by atoms with Crippen LogP contribution in [0.1, 0.15) is 26.3 Å². The Balaban J connectivity index is 2.45. The van der Waals surface area contributed by atoms with Crippen molar-refractivity contribution in [3.8, 4) is 0 Å². The number of alkyl halides is 1. The molecule has 7 heteroatoms. The fraction of sp³-hybridized carbons (Fsp3) is 0.529. The fourth-order valence-electron chi connectivity index (χ4n) is 2.85. The Morgan fingerprint density at radius 3 is 2.67 bits per heavy atom. The molecular formula is C17H21F2NO4. The highest BCUT2D eigenvalue weighted by Crippen LogP contribution is 2.40. The monoisotopic (exact) mass is 341 g/mol. The maximum absolute atomic E-state index is 14.4. The summed E-state index contributed by atoms with van der Waals surface area (Å²) in [4.78, 5) is 23.8. The molecule has 3 atom stereocenters. The maximum Gasteiger partial charge on any atom is 0.408 e. The van der Waals surface area contributed by atoms with Crippen molar-refractivity contribution in [2.75, 3.05) is 13.3 Å². The number of benzene rings is 1. The molecule has 2 rings (SSSR count). The zero-order chi connectivity index (χ0) is 18.0. The number of aldehydes is 1. The minimum atomic E-state index is -1.52. The summed E-state index contributed by atoms with van der Waals surface area (Å²) in [5.41, 5.74) is -2.24. The Morgan fingerprint density at radius 1 is 1.46 bits per heavy atom. The van der Waals surface area contributed by atoms with E-state index in [4.69, 9.17) is 9.47 Å². The Bertz CT molecular complexity index is 617. The molecule has 1 fully saturated rings. The Kier molecular flexibility index (Phi) is 5.22. The highest BCUT2D eigenvalue weighted by Gasteiger charge is 2.53. The van der Waals surface area contributed by atoms with Crippen LogP contribution in [0.3, 0.4) is 0 Å². The standard InChI is InChI=1S/C17H21F2NO4/c1-16(2,3)24-15(22)20-17(11-6-4-5-7-13(11)19)10-23-14(8-18)12(17)9-21/h4-7,9,12,14H,8,10H2,1-3H3,(H,20,22)/t12-,14-,17-/m1/s1. The molecule has 5 nitrogen and oxygen atoms in total. The molecule has 1 heterocycles. The lowest BCUT2D eigenvalue weighted by Crippen LogP contribution is -2.54. The molecule has 0 radical (unpaired) electrons. The van der Waals surface area contributed by atoms with Crippen molar-refractivity contribution < 1.29 is 27.8 Å². The van der Waals surface area contributed by atoms with Crippen LogP contribution in [0.15, 0.2) is 24.3 Å². The van der Waals surface area contributed by atoms with Gasteiger partial charge in [0.15, 0.2) is 0 Å². The topological polar surface area (TPSA) is 64.6 Å². The molecule has 1 saturated heterocycles. The van der Waals surface area contributed by atoms with Gasteiger partial charge in [0.1, 0.15) is 29.9 Å². The maximum atomic E-state index is 14.4. The molecule has 0 saturated carbocycles. The Hall–Kier alpha value is -2.02. The lowest BCUT2D eigenvalue weighted by Gasteiger charge is -2.34. The van der Waals surface area contributed by atoms with E-state index in [0.717, 1.165) is 0 Å². The highest BCUT2D eigenvalue weighted by molar-refractivity contribution is 5.72. The van der Waals surface area contributed by atoms with Crippen molar-refractivity contribution in [2.24, 2.45) is 5.92 Å². The summed E-state index contributed by atoms with van der Waals surface area (Å²) in [5.74, 6) is -1.70. The van der Waals surface area contributed by atoms with Crippen molar-refractivity contribution in [1.82, 2.24) is 5.32 Å². The molecule has 0 spiro atoms. The number of nitrogens with one attached hydrogen (secondary N) is 1. The van der Waals surface area contributed by atoms with Crippen LogP contribution in [-0.2, 0) is 19.8 Å². The highest BCUT2D eigenvalue weighted by atomic mass is 19.1. The van der Waals surface area contributed by atoms with E-state index < -0.39 is 41.7 Å². The molecule has 1 aromatic rings. The third kappa shape index (κ3) is 3.56. The van der Waals surface area contributed by atoms with E-state index in [9.17, 15) is 18.4 Å². The van der Waals surface area contributed by atoms with Gasteiger partial charge < -0.3 is 19.6 Å². The van der Waals surface area contributed by atoms with Crippen LogP contribution in [0.25, 0.3) is 0 Å². The number of ether oxygens (including phenoxy) is 2. The van der Waals surface area contributed by atoms with Crippen molar-refractivity contribution >= 4 is 12.4 Å². The predicted molar refractivity (Wildman–Crippen MR) is 82.7 cm³/mol. The van der Waals surface area contributed by atoms with Crippen LogP contribution in [0.2, 0.25) is 0 Å². The number of rotatable bonds is 4. The van der Waals surface area contributed by atoms with Gasteiger partial charge in [-0.1, -0.05) is 18.2 Å². The van der Waals surface area contributed by atoms with Gasteiger partial charge in [0.25, 0.3) is 0 Å². The normalized spacial score (nSPS) is 26.9. The van der Waals surface area contributed by atoms with Gasteiger partial charge >= 0.3 is 6.09 Å². The number of carbonyl (C=O) groups excluding carboxylic acids is 2. The van der Waals surface area contributed by atoms with Crippen molar-refractivity contribution in [1.29, 1.82) is 0 Å². The van der Waals surface area contributed by atoms with Crippen LogP contribution in [0.4, 0.5) is 13.6 Å². The second kappa shape index (κ2) is 6.84. The fourth-order valence-corrected chi connectivity index (χ4v) is 2.85. The van der Waals surface area contributed by atoms with Crippen LogP contribution >= 0.6 is 0 Å². The SMILES string of the molecule is CC(C)(C)OC(=O)N[C@@]1(c2ccccc2F)CO[C@H](CF)[C@H]1C=O. The van der Waals surface area contributed by atoms with Gasteiger partial charge in [-0.2, -0.15) is 0 Å². The minimum Gasteiger partial charge on any atom is -0.444 e. The third-order valence-electron chi connectivity index (χ3n) is 3.87. The summed E-state index contributed by atoms with van der Waals surface area (Å²) in [6.07, 6.45) is -1.40. The zero-order valence-electron chi connectivity index (χ0n) is 13.8. The van der Waals surface area contributed by atoms with Gasteiger partial charge in [-0.15, -0.1) is 0 Å². The largest absolute Gasteiger partial charge is 0.444 e. The third-order valence-corrected chi connectivity index (χ3v) is 3.87. The number of hydrogen-bond acceptors (Lipinski definition) is 4. The van der Waals surface area contributed by atoms with E-state index in [1.807, 2.05) is 0 Å². The summed E-state index contributed by atoms with van der Waals surface area (Å²) >= 11 is 0. The van der Waals surface area contributed by atoms with Crippen molar-refractivity contribution in [2.45, 2.75) is 38.0 Å². The number of halogens is 2. The Morgan fingerprint density at radius 2 is 2.12 bits per heavy atom. The van der Waals surface area contributed by atoms with E-state index in [-0.39, 0.29) is 12.2 Å². The molecule has 1 aliphatic rings. The summed E-state index contributed by atoms with van der Waals surface area (Å²) in [5, 5.41) is 2.55. The van der Waals surface area contributed by atoms with Gasteiger partial charge in [0, 0.05) is 5.56 Å². The summed E-state index contributed by atoms with van der Waals surface area (Å²) in [6.45, 7) is 3.88. The molecule has 0 bridgehead atoms. The Labute approximate surface area is 139 Å². The number of hydrogen-bond donors (Lipinski definition) is 1. The molecule has 0 aromatic heterocycles. The average Bonchev–Trinajstić information content (AvgIpc) is 2.83. The quantitative estimate of drug-likeness (QED) is 0.856. The lowest BCUT2D eigenvalue weighted by molar-refractivity contribution is -0.114.